The average Bonchev–Trinajstić information content (AvgIpc) is 2.64. The van der Waals surface area contributed by atoms with Crippen LogP contribution in [0.15, 0.2) is 0 Å². The van der Waals surface area contributed by atoms with E-state index in [-0.39, 0.29) is 8.41 Å². The van der Waals surface area contributed by atoms with Crippen LogP contribution in [0.4, 0.5) is 0 Å². The van der Waals surface area contributed by atoms with Crippen LogP contribution in [-0.2, 0) is 0 Å². The van der Waals surface area contributed by atoms with E-state index in [9.17, 15) is 0 Å². The lowest BCUT2D eigenvalue weighted by Crippen LogP contribution is -2.46. The van der Waals surface area contributed by atoms with E-state index in [2.05, 4.69) is 27.8 Å². The molecule has 0 unspecified atom stereocenters. The third-order valence-corrected chi connectivity index (χ3v) is 6.15. The topological polar surface area (TPSA) is 0 Å². The summed E-state index contributed by atoms with van der Waals surface area (Å²) < 4.78 is 1.36. The molecule has 0 aromatic heterocycles. The SMILES string of the molecule is CCCCCCCC[N+](C)(CCCCCCCC)CCCCCCCC.[BH4-]. The van der Waals surface area contributed by atoms with E-state index < -0.39 is 0 Å². The van der Waals surface area contributed by atoms with Crippen LogP contribution < -0.4 is 0 Å². The summed E-state index contributed by atoms with van der Waals surface area (Å²) in [6.45, 7) is 11.2. The summed E-state index contributed by atoms with van der Waals surface area (Å²) in [7, 11) is 2.56. The van der Waals surface area contributed by atoms with Crippen molar-refractivity contribution in [3.8, 4) is 0 Å². The highest BCUT2D eigenvalue weighted by Gasteiger charge is 2.20. The molecule has 0 saturated heterocycles. The Morgan fingerprint density at radius 1 is 0.370 bits per heavy atom. The lowest BCUT2D eigenvalue weighted by Gasteiger charge is -2.35. The number of hydrogen-bond acceptors (Lipinski definition) is 0. The van der Waals surface area contributed by atoms with Crippen molar-refractivity contribution in [1.29, 1.82) is 0 Å². The van der Waals surface area contributed by atoms with Gasteiger partial charge < -0.3 is 4.48 Å². The fraction of sp³-hybridized carbons (Fsp3) is 1.00. The normalized spacial score (nSPS) is 11.6. The molecule has 0 heterocycles. The molecule has 166 valence electrons. The van der Waals surface area contributed by atoms with E-state index in [4.69, 9.17) is 0 Å². The number of quaternary nitrogens is 1. The molecule has 0 aliphatic heterocycles. The second kappa shape index (κ2) is 22.3. The molecule has 2 heteroatoms. The minimum Gasteiger partial charge on any atom is -0.326 e. The molecule has 0 atom stereocenters. The van der Waals surface area contributed by atoms with Crippen LogP contribution in [0.25, 0.3) is 0 Å². The quantitative estimate of drug-likeness (QED) is 0.113. The fourth-order valence-electron chi connectivity index (χ4n) is 4.16. The van der Waals surface area contributed by atoms with Crippen molar-refractivity contribution in [3.63, 3.8) is 0 Å². The summed E-state index contributed by atoms with van der Waals surface area (Å²) in [5.41, 5.74) is 0. The molecule has 0 aliphatic rings. The zero-order chi connectivity index (χ0) is 19.3. The van der Waals surface area contributed by atoms with Gasteiger partial charge in [0, 0.05) is 0 Å². The number of rotatable bonds is 21. The Morgan fingerprint density at radius 2 is 0.593 bits per heavy atom. The third-order valence-electron chi connectivity index (χ3n) is 6.15. The minimum absolute atomic E-state index is 0. The zero-order valence-electron chi connectivity index (χ0n) is 19.3. The van der Waals surface area contributed by atoms with E-state index in [0.29, 0.717) is 0 Å². The van der Waals surface area contributed by atoms with Gasteiger partial charge in [0.25, 0.3) is 0 Å². The first kappa shape index (κ1) is 29.2. The molecule has 0 bridgehead atoms. The number of nitrogens with zero attached hydrogens (tertiary/aromatic N) is 1. The lowest BCUT2D eigenvalue weighted by molar-refractivity contribution is -0.910. The van der Waals surface area contributed by atoms with E-state index in [1.165, 1.54) is 140 Å². The Morgan fingerprint density at radius 3 is 0.852 bits per heavy atom. The summed E-state index contributed by atoms with van der Waals surface area (Å²) in [5.74, 6) is 0. The maximum absolute atomic E-state index is 2.56. The first-order valence-corrected chi connectivity index (χ1v) is 12.5. The van der Waals surface area contributed by atoms with Crippen molar-refractivity contribution in [3.05, 3.63) is 0 Å². The molecule has 0 spiro atoms. The van der Waals surface area contributed by atoms with Gasteiger partial charge in [0.05, 0.1) is 26.7 Å². The Hall–Kier alpha value is 0.0249. The monoisotopic (exact) mass is 383 g/mol. The molecule has 0 aromatic rings. The molecule has 0 saturated carbocycles. The van der Waals surface area contributed by atoms with Gasteiger partial charge in [-0.1, -0.05) is 106 Å². The van der Waals surface area contributed by atoms with Crippen molar-refractivity contribution in [2.24, 2.45) is 0 Å². The molecular formula is C25H58BN. The van der Waals surface area contributed by atoms with Gasteiger partial charge in [-0.15, -0.1) is 0 Å². The number of hydrogen-bond donors (Lipinski definition) is 0. The van der Waals surface area contributed by atoms with Crippen LogP contribution in [0.2, 0.25) is 0 Å². The Kier molecular flexibility index (Phi) is 24.2. The first-order chi connectivity index (χ1) is 12.7. The van der Waals surface area contributed by atoms with Gasteiger partial charge in [-0.05, 0) is 38.5 Å². The summed E-state index contributed by atoms with van der Waals surface area (Å²) in [6, 6.07) is 0. The van der Waals surface area contributed by atoms with Crippen LogP contribution in [0.1, 0.15) is 136 Å². The maximum atomic E-state index is 2.56. The summed E-state index contributed by atoms with van der Waals surface area (Å²) >= 11 is 0. The van der Waals surface area contributed by atoms with Gasteiger partial charge in [-0.2, -0.15) is 0 Å². The zero-order valence-corrected chi connectivity index (χ0v) is 19.3. The molecule has 0 amide bonds. The summed E-state index contributed by atoms with van der Waals surface area (Å²) in [6.07, 6.45) is 25.9. The van der Waals surface area contributed by atoms with Crippen LogP contribution in [-0.4, -0.2) is 39.6 Å². The van der Waals surface area contributed by atoms with Gasteiger partial charge in [-0.3, -0.25) is 0 Å². The highest BCUT2D eigenvalue weighted by molar-refractivity contribution is 5.75. The standard InChI is InChI=1S/C25H54N.BH4/c1-5-8-11-14-17-20-23-26(4,24-21-18-15-12-9-6-2)25-22-19-16-13-10-7-3;/h5-25H2,1-4H3;1H4/q+1;-1. The highest BCUT2D eigenvalue weighted by atomic mass is 15.3. The Bertz CT molecular complexity index is 226. The van der Waals surface area contributed by atoms with Gasteiger partial charge >= 0.3 is 0 Å². The van der Waals surface area contributed by atoms with E-state index in [0.717, 1.165) is 0 Å². The van der Waals surface area contributed by atoms with Gasteiger partial charge in [0.2, 0.25) is 0 Å². The van der Waals surface area contributed by atoms with Gasteiger partial charge in [0.15, 0.2) is 0 Å². The summed E-state index contributed by atoms with van der Waals surface area (Å²) in [4.78, 5) is 0. The fourth-order valence-corrected chi connectivity index (χ4v) is 4.16. The van der Waals surface area contributed by atoms with Crippen LogP contribution in [0.5, 0.6) is 0 Å². The molecule has 0 rings (SSSR count). The smallest absolute Gasteiger partial charge is 0.0784 e. The van der Waals surface area contributed by atoms with E-state index in [1.54, 1.807) is 0 Å². The van der Waals surface area contributed by atoms with Crippen molar-refractivity contribution in [2.45, 2.75) is 136 Å². The van der Waals surface area contributed by atoms with Crippen molar-refractivity contribution in [2.75, 3.05) is 26.7 Å². The average molecular weight is 384 g/mol. The molecule has 27 heavy (non-hydrogen) atoms. The molecule has 0 fully saturated rings. The Balaban J connectivity index is 0. The van der Waals surface area contributed by atoms with Crippen molar-refractivity contribution in [1.82, 2.24) is 0 Å². The van der Waals surface area contributed by atoms with Gasteiger partial charge in [0.1, 0.15) is 0 Å². The minimum atomic E-state index is 0. The number of unbranched alkanes of at least 4 members (excludes halogenated alkanes) is 15. The molecule has 0 aromatic carbocycles. The largest absolute Gasteiger partial charge is 0.326 e. The molecule has 0 N–H and O–H groups in total. The van der Waals surface area contributed by atoms with Crippen LogP contribution in [0.3, 0.4) is 0 Å². The maximum Gasteiger partial charge on any atom is 0.0784 e. The van der Waals surface area contributed by atoms with Gasteiger partial charge in [-0.25, -0.2) is 0 Å². The van der Waals surface area contributed by atoms with Crippen molar-refractivity contribution >= 4 is 8.41 Å². The predicted molar refractivity (Wildman–Crippen MR) is 132 cm³/mol. The highest BCUT2D eigenvalue weighted by Crippen LogP contribution is 2.16. The molecule has 1 nitrogen and oxygen atoms in total. The molecular weight excluding hydrogens is 325 g/mol. The second-order valence-corrected chi connectivity index (χ2v) is 9.09. The van der Waals surface area contributed by atoms with E-state index in [1.807, 2.05) is 0 Å². The lowest BCUT2D eigenvalue weighted by atomic mass is 10.1. The van der Waals surface area contributed by atoms with E-state index >= 15 is 0 Å². The second-order valence-electron chi connectivity index (χ2n) is 9.09. The Labute approximate surface area is 176 Å². The summed E-state index contributed by atoms with van der Waals surface area (Å²) in [5, 5.41) is 0. The van der Waals surface area contributed by atoms with Crippen LogP contribution >= 0.6 is 0 Å². The van der Waals surface area contributed by atoms with Crippen molar-refractivity contribution < 1.29 is 4.48 Å². The predicted octanol–water partition coefficient (Wildman–Crippen LogP) is 7.06. The molecule has 0 radical (unpaired) electrons. The first-order valence-electron chi connectivity index (χ1n) is 12.5. The van der Waals surface area contributed by atoms with Crippen LogP contribution in [0, 0.1) is 0 Å². The third kappa shape index (κ3) is 20.6. The molecule has 0 aliphatic carbocycles.